The van der Waals surface area contributed by atoms with Crippen molar-refractivity contribution in [3.05, 3.63) is 59.3 Å². The molecule has 25 heavy (non-hydrogen) atoms. The molecule has 0 bridgehead atoms. The van der Waals surface area contributed by atoms with Crippen LogP contribution in [-0.4, -0.2) is 29.8 Å². The first-order valence-electron chi connectivity index (χ1n) is 8.39. The molecule has 0 aliphatic heterocycles. The van der Waals surface area contributed by atoms with Gasteiger partial charge in [0.25, 0.3) is 0 Å². The summed E-state index contributed by atoms with van der Waals surface area (Å²) in [5.74, 6) is 0.00376. The lowest BCUT2D eigenvalue weighted by atomic mass is 10.1. The van der Waals surface area contributed by atoms with Gasteiger partial charge in [-0.2, -0.15) is 5.10 Å². The fourth-order valence-corrected chi connectivity index (χ4v) is 2.92. The molecule has 1 amide bonds. The molecule has 0 aliphatic carbocycles. The lowest BCUT2D eigenvalue weighted by Crippen LogP contribution is -2.25. The SMILES string of the molecule is Cc1ccc2c(c1)c(CNC(=O)Cc1ccc(N(C)C)cc1)nn2C. The van der Waals surface area contributed by atoms with Crippen molar-refractivity contribution in [3.8, 4) is 0 Å². The molecule has 5 heteroatoms. The summed E-state index contributed by atoms with van der Waals surface area (Å²) in [5.41, 5.74) is 5.30. The molecular formula is C20H24N4O. The molecule has 5 nitrogen and oxygen atoms in total. The Morgan fingerprint density at radius 3 is 2.56 bits per heavy atom. The van der Waals surface area contributed by atoms with E-state index in [1.807, 2.05) is 55.0 Å². The quantitative estimate of drug-likeness (QED) is 0.779. The molecule has 0 aliphatic rings. The van der Waals surface area contributed by atoms with E-state index in [0.29, 0.717) is 13.0 Å². The maximum absolute atomic E-state index is 12.3. The number of fused-ring (bicyclic) bond motifs is 1. The minimum atomic E-state index is 0.00376. The van der Waals surface area contributed by atoms with Gasteiger partial charge in [-0.05, 0) is 36.8 Å². The fourth-order valence-electron chi connectivity index (χ4n) is 2.92. The zero-order valence-electron chi connectivity index (χ0n) is 15.2. The van der Waals surface area contributed by atoms with Gasteiger partial charge in [-0.15, -0.1) is 0 Å². The summed E-state index contributed by atoms with van der Waals surface area (Å²) in [4.78, 5) is 14.3. The molecule has 0 spiro atoms. The first-order chi connectivity index (χ1) is 11.9. The Morgan fingerprint density at radius 2 is 1.88 bits per heavy atom. The number of rotatable bonds is 5. The van der Waals surface area contributed by atoms with Crippen molar-refractivity contribution in [2.24, 2.45) is 7.05 Å². The van der Waals surface area contributed by atoms with E-state index in [1.54, 1.807) is 0 Å². The van der Waals surface area contributed by atoms with Gasteiger partial charge in [-0.3, -0.25) is 9.48 Å². The number of carbonyl (C=O) groups excluding carboxylic acids is 1. The second kappa shape index (κ2) is 6.97. The molecule has 0 saturated carbocycles. The number of anilines is 1. The smallest absolute Gasteiger partial charge is 0.224 e. The van der Waals surface area contributed by atoms with Crippen molar-refractivity contribution in [2.45, 2.75) is 19.9 Å². The van der Waals surface area contributed by atoms with Gasteiger partial charge in [0, 0.05) is 32.2 Å². The Bertz CT molecular complexity index is 894. The van der Waals surface area contributed by atoms with Crippen LogP contribution in [0.4, 0.5) is 5.69 Å². The summed E-state index contributed by atoms with van der Waals surface area (Å²) in [6.45, 7) is 2.50. The fraction of sp³-hybridized carbons (Fsp3) is 0.300. The van der Waals surface area contributed by atoms with Crippen LogP contribution in [0.15, 0.2) is 42.5 Å². The highest BCUT2D eigenvalue weighted by Gasteiger charge is 2.10. The van der Waals surface area contributed by atoms with E-state index in [9.17, 15) is 4.79 Å². The van der Waals surface area contributed by atoms with Gasteiger partial charge in [0.2, 0.25) is 5.91 Å². The predicted molar refractivity (Wildman–Crippen MR) is 102 cm³/mol. The third-order valence-corrected chi connectivity index (χ3v) is 4.35. The third kappa shape index (κ3) is 3.82. The molecule has 3 aromatic rings. The van der Waals surface area contributed by atoms with Crippen molar-refractivity contribution < 1.29 is 4.79 Å². The van der Waals surface area contributed by atoms with Crippen LogP contribution in [0.25, 0.3) is 10.9 Å². The van der Waals surface area contributed by atoms with Crippen LogP contribution in [0.2, 0.25) is 0 Å². The number of carbonyl (C=O) groups is 1. The number of benzene rings is 2. The molecule has 0 fully saturated rings. The van der Waals surface area contributed by atoms with E-state index < -0.39 is 0 Å². The summed E-state index contributed by atoms with van der Waals surface area (Å²) in [6, 6.07) is 14.3. The van der Waals surface area contributed by atoms with E-state index in [4.69, 9.17) is 0 Å². The predicted octanol–water partition coefficient (Wildman–Crippen LogP) is 2.81. The van der Waals surface area contributed by atoms with Crippen molar-refractivity contribution in [1.29, 1.82) is 0 Å². The molecule has 0 unspecified atom stereocenters. The van der Waals surface area contributed by atoms with E-state index in [0.717, 1.165) is 27.8 Å². The normalized spacial score (nSPS) is 10.9. The second-order valence-electron chi connectivity index (χ2n) is 6.61. The molecular weight excluding hydrogens is 312 g/mol. The Hall–Kier alpha value is -2.82. The molecule has 1 N–H and O–H groups in total. The second-order valence-corrected chi connectivity index (χ2v) is 6.61. The number of amides is 1. The number of nitrogens with one attached hydrogen (secondary N) is 1. The van der Waals surface area contributed by atoms with Gasteiger partial charge in [0.1, 0.15) is 0 Å². The molecule has 0 atom stereocenters. The van der Waals surface area contributed by atoms with Gasteiger partial charge in [0.15, 0.2) is 0 Å². The van der Waals surface area contributed by atoms with Crippen molar-refractivity contribution in [2.75, 3.05) is 19.0 Å². The van der Waals surface area contributed by atoms with Crippen LogP contribution in [0.5, 0.6) is 0 Å². The standard InChI is InChI=1S/C20H24N4O/c1-14-5-10-19-17(11-14)18(22-24(19)4)13-21-20(25)12-15-6-8-16(9-7-15)23(2)3/h5-11H,12-13H2,1-4H3,(H,21,25). The van der Waals surface area contributed by atoms with Gasteiger partial charge >= 0.3 is 0 Å². The maximum Gasteiger partial charge on any atom is 0.224 e. The highest BCUT2D eigenvalue weighted by molar-refractivity contribution is 5.84. The van der Waals surface area contributed by atoms with Crippen LogP contribution in [0, 0.1) is 6.92 Å². The number of hydrogen-bond acceptors (Lipinski definition) is 3. The summed E-state index contributed by atoms with van der Waals surface area (Å²) in [6.07, 6.45) is 0.373. The minimum absolute atomic E-state index is 0.00376. The lowest BCUT2D eigenvalue weighted by Gasteiger charge is -2.12. The molecule has 3 rings (SSSR count). The Balaban J connectivity index is 1.65. The Morgan fingerprint density at radius 1 is 1.16 bits per heavy atom. The van der Waals surface area contributed by atoms with Crippen LogP contribution in [0.3, 0.4) is 0 Å². The number of aryl methyl sites for hydroxylation is 2. The molecule has 2 aromatic carbocycles. The molecule has 1 aromatic heterocycles. The van der Waals surface area contributed by atoms with Crippen molar-refractivity contribution in [3.63, 3.8) is 0 Å². The monoisotopic (exact) mass is 336 g/mol. The van der Waals surface area contributed by atoms with Crippen LogP contribution < -0.4 is 10.2 Å². The highest BCUT2D eigenvalue weighted by Crippen LogP contribution is 2.19. The molecule has 0 saturated heterocycles. The largest absolute Gasteiger partial charge is 0.378 e. The van der Waals surface area contributed by atoms with E-state index >= 15 is 0 Å². The number of hydrogen-bond donors (Lipinski definition) is 1. The van der Waals surface area contributed by atoms with Crippen molar-refractivity contribution >= 4 is 22.5 Å². The van der Waals surface area contributed by atoms with Gasteiger partial charge in [-0.1, -0.05) is 23.8 Å². The summed E-state index contributed by atoms with van der Waals surface area (Å²) >= 11 is 0. The first kappa shape index (κ1) is 17.0. The lowest BCUT2D eigenvalue weighted by molar-refractivity contribution is -0.120. The maximum atomic E-state index is 12.3. The van der Waals surface area contributed by atoms with Crippen LogP contribution >= 0.6 is 0 Å². The third-order valence-electron chi connectivity index (χ3n) is 4.35. The highest BCUT2D eigenvalue weighted by atomic mass is 16.1. The molecule has 0 radical (unpaired) electrons. The zero-order valence-corrected chi connectivity index (χ0v) is 15.2. The Labute approximate surface area is 148 Å². The minimum Gasteiger partial charge on any atom is -0.378 e. The topological polar surface area (TPSA) is 50.2 Å². The average molecular weight is 336 g/mol. The zero-order chi connectivity index (χ0) is 18.0. The van der Waals surface area contributed by atoms with Gasteiger partial charge in [-0.25, -0.2) is 0 Å². The summed E-state index contributed by atoms with van der Waals surface area (Å²) in [7, 11) is 5.93. The molecule has 130 valence electrons. The Kier molecular flexibility index (Phi) is 4.74. The van der Waals surface area contributed by atoms with Crippen LogP contribution in [-0.2, 0) is 24.8 Å². The number of aromatic nitrogens is 2. The summed E-state index contributed by atoms with van der Waals surface area (Å²) in [5, 5.41) is 8.62. The van der Waals surface area contributed by atoms with Gasteiger partial charge in [0.05, 0.1) is 24.2 Å². The number of nitrogens with zero attached hydrogens (tertiary/aromatic N) is 3. The van der Waals surface area contributed by atoms with Gasteiger partial charge < -0.3 is 10.2 Å². The van der Waals surface area contributed by atoms with E-state index in [2.05, 4.69) is 35.5 Å². The van der Waals surface area contributed by atoms with E-state index in [1.165, 1.54) is 5.56 Å². The average Bonchev–Trinajstić information content (AvgIpc) is 2.89. The van der Waals surface area contributed by atoms with Crippen LogP contribution in [0.1, 0.15) is 16.8 Å². The summed E-state index contributed by atoms with van der Waals surface area (Å²) < 4.78 is 1.86. The van der Waals surface area contributed by atoms with Crippen molar-refractivity contribution in [1.82, 2.24) is 15.1 Å². The van der Waals surface area contributed by atoms with E-state index in [-0.39, 0.29) is 5.91 Å². The first-order valence-corrected chi connectivity index (χ1v) is 8.39. The molecule has 1 heterocycles.